The second-order valence-electron chi connectivity index (χ2n) is 5.92. The van der Waals surface area contributed by atoms with Gasteiger partial charge in [0.05, 0.1) is 0 Å². The Labute approximate surface area is 162 Å². The third-order valence-electron chi connectivity index (χ3n) is 3.56. The first kappa shape index (κ1) is 22.2. The maximum absolute atomic E-state index is 12.1. The smallest absolute Gasteiger partial charge is 0.330 e. The van der Waals surface area contributed by atoms with Gasteiger partial charge in [0, 0.05) is 33.4 Å². The van der Waals surface area contributed by atoms with Crippen LogP contribution in [0.3, 0.4) is 0 Å². The molecule has 0 aromatic heterocycles. The van der Waals surface area contributed by atoms with E-state index in [9.17, 15) is 19.2 Å². The minimum atomic E-state index is -0.935. The monoisotopic (exact) mass is 380 g/mol. The van der Waals surface area contributed by atoms with E-state index in [4.69, 9.17) is 10.2 Å². The third-order valence-corrected chi connectivity index (χ3v) is 3.56. The van der Waals surface area contributed by atoms with Crippen molar-refractivity contribution < 1.29 is 29.4 Å². The summed E-state index contributed by atoms with van der Waals surface area (Å²) in [6.45, 7) is 9.20. The summed E-state index contributed by atoms with van der Waals surface area (Å²) in [7, 11) is 0. The van der Waals surface area contributed by atoms with Crippen LogP contribution in [0, 0.1) is 0 Å². The number of hydrogen-bond acceptors (Lipinski definition) is 4. The predicted octanol–water partition coefficient (Wildman–Crippen LogP) is 3.76. The molecule has 0 saturated carbocycles. The van der Waals surface area contributed by atoms with Crippen LogP contribution >= 0.6 is 0 Å². The second-order valence-corrected chi connectivity index (χ2v) is 5.92. The Bertz CT molecular complexity index is 815. The van der Waals surface area contributed by atoms with Crippen molar-refractivity contribution in [3.05, 3.63) is 95.1 Å². The zero-order chi connectivity index (χ0) is 21.4. The molecule has 0 saturated heterocycles. The summed E-state index contributed by atoms with van der Waals surface area (Å²) >= 11 is 0. The molecule has 0 spiro atoms. The molecule has 3 rings (SSSR count). The zero-order valence-electron chi connectivity index (χ0n) is 15.6. The fourth-order valence-electron chi connectivity index (χ4n) is 2.05. The normalized spacial score (nSPS) is 10.8. The summed E-state index contributed by atoms with van der Waals surface area (Å²) in [4.78, 5) is 43.4. The molecule has 6 heteroatoms. The van der Waals surface area contributed by atoms with Gasteiger partial charge < -0.3 is 10.2 Å². The molecule has 6 nitrogen and oxygen atoms in total. The molecular formula is C22H20O6. The summed E-state index contributed by atoms with van der Waals surface area (Å²) in [5.41, 5.74) is 2.37. The van der Waals surface area contributed by atoms with Crippen LogP contribution in [-0.2, 0) is 9.59 Å². The standard InChI is InChI=1S/C14H8O2.2C4H6O2/c15-13-9-5-1-2-6-10(9)14(16)12-8-4-3-7-11(12)13;2*1-3(2)4(5)6/h1-8H;2*1H2,2H3,(H,5,6). The number of fused-ring (bicyclic) bond motifs is 2. The highest BCUT2D eigenvalue weighted by atomic mass is 16.4. The molecule has 144 valence electrons. The molecule has 0 heterocycles. The molecule has 0 atom stereocenters. The average Bonchev–Trinajstić information content (AvgIpc) is 2.67. The van der Waals surface area contributed by atoms with Crippen molar-refractivity contribution in [3.63, 3.8) is 0 Å². The largest absolute Gasteiger partial charge is 0.478 e. The molecule has 2 aromatic carbocycles. The van der Waals surface area contributed by atoms with Gasteiger partial charge in [0.25, 0.3) is 0 Å². The van der Waals surface area contributed by atoms with Crippen molar-refractivity contribution in [2.45, 2.75) is 13.8 Å². The molecule has 2 aromatic rings. The van der Waals surface area contributed by atoms with Gasteiger partial charge in [-0.3, -0.25) is 9.59 Å². The van der Waals surface area contributed by atoms with Gasteiger partial charge in [0.15, 0.2) is 11.6 Å². The summed E-state index contributed by atoms with van der Waals surface area (Å²) in [6.07, 6.45) is 0. The van der Waals surface area contributed by atoms with Gasteiger partial charge in [-0.2, -0.15) is 0 Å². The fraction of sp³-hybridized carbons (Fsp3) is 0.0909. The summed E-state index contributed by atoms with van der Waals surface area (Å²) in [5, 5.41) is 15.8. The number of carbonyl (C=O) groups is 4. The first-order valence-electron chi connectivity index (χ1n) is 8.13. The number of benzene rings is 2. The van der Waals surface area contributed by atoms with Crippen molar-refractivity contribution in [3.8, 4) is 0 Å². The fourth-order valence-corrected chi connectivity index (χ4v) is 2.05. The van der Waals surface area contributed by atoms with Crippen molar-refractivity contribution in [1.29, 1.82) is 0 Å². The van der Waals surface area contributed by atoms with Crippen LogP contribution in [0.5, 0.6) is 0 Å². The van der Waals surface area contributed by atoms with Crippen LogP contribution in [0.1, 0.15) is 45.7 Å². The van der Waals surface area contributed by atoms with Gasteiger partial charge in [0.1, 0.15) is 0 Å². The van der Waals surface area contributed by atoms with Crippen LogP contribution in [0.2, 0.25) is 0 Å². The van der Waals surface area contributed by atoms with Crippen molar-refractivity contribution in [2.24, 2.45) is 0 Å². The lowest BCUT2D eigenvalue weighted by atomic mass is 9.84. The Kier molecular flexibility index (Phi) is 7.77. The maximum atomic E-state index is 12.1. The Morgan fingerprint density at radius 3 is 0.964 bits per heavy atom. The Hall–Kier alpha value is -3.80. The number of carboxylic acids is 2. The van der Waals surface area contributed by atoms with Crippen molar-refractivity contribution >= 4 is 23.5 Å². The maximum Gasteiger partial charge on any atom is 0.330 e. The molecule has 1 aliphatic carbocycles. The van der Waals surface area contributed by atoms with Gasteiger partial charge in [-0.1, -0.05) is 61.7 Å². The molecule has 2 N–H and O–H groups in total. The second kappa shape index (κ2) is 9.78. The van der Waals surface area contributed by atoms with E-state index in [1.165, 1.54) is 13.8 Å². The number of rotatable bonds is 2. The minimum Gasteiger partial charge on any atom is -0.478 e. The van der Waals surface area contributed by atoms with E-state index in [0.717, 1.165) is 0 Å². The van der Waals surface area contributed by atoms with E-state index in [-0.39, 0.29) is 22.7 Å². The summed E-state index contributed by atoms with van der Waals surface area (Å²) < 4.78 is 0. The Morgan fingerprint density at radius 2 is 0.821 bits per heavy atom. The number of carboxylic acid groups (broad SMARTS) is 2. The topological polar surface area (TPSA) is 109 Å². The number of ketones is 2. The lowest BCUT2D eigenvalue weighted by Crippen LogP contribution is -2.20. The van der Waals surface area contributed by atoms with E-state index in [1.807, 2.05) is 0 Å². The molecule has 0 amide bonds. The quantitative estimate of drug-likeness (QED) is 0.655. The first-order chi connectivity index (χ1) is 13.1. The van der Waals surface area contributed by atoms with E-state index < -0.39 is 11.9 Å². The minimum absolute atomic E-state index is 0.0641. The van der Waals surface area contributed by atoms with Gasteiger partial charge in [-0.25, -0.2) is 9.59 Å². The van der Waals surface area contributed by atoms with Gasteiger partial charge in [-0.05, 0) is 13.8 Å². The molecule has 0 radical (unpaired) electrons. The van der Waals surface area contributed by atoms with Crippen molar-refractivity contribution in [1.82, 2.24) is 0 Å². The van der Waals surface area contributed by atoms with Gasteiger partial charge in [-0.15, -0.1) is 0 Å². The third kappa shape index (κ3) is 5.60. The van der Waals surface area contributed by atoms with Crippen LogP contribution in [0.4, 0.5) is 0 Å². The van der Waals surface area contributed by atoms with Crippen molar-refractivity contribution in [2.75, 3.05) is 0 Å². The number of carbonyl (C=O) groups excluding carboxylic acids is 2. The number of hydrogen-bond donors (Lipinski definition) is 2. The van der Waals surface area contributed by atoms with E-state index in [2.05, 4.69) is 13.2 Å². The van der Waals surface area contributed by atoms with Gasteiger partial charge >= 0.3 is 11.9 Å². The summed E-state index contributed by atoms with van der Waals surface area (Å²) in [5.74, 6) is -2.00. The lowest BCUT2D eigenvalue weighted by Gasteiger charge is -2.16. The predicted molar refractivity (Wildman–Crippen MR) is 105 cm³/mol. The van der Waals surface area contributed by atoms with Crippen LogP contribution in [0.25, 0.3) is 0 Å². The molecule has 0 aliphatic heterocycles. The van der Waals surface area contributed by atoms with Crippen LogP contribution in [-0.4, -0.2) is 33.7 Å². The Balaban J connectivity index is 0.000000274. The van der Waals surface area contributed by atoms with Gasteiger partial charge in [0.2, 0.25) is 0 Å². The molecule has 0 unspecified atom stereocenters. The zero-order valence-corrected chi connectivity index (χ0v) is 15.6. The Morgan fingerprint density at radius 1 is 0.643 bits per heavy atom. The molecule has 28 heavy (non-hydrogen) atoms. The van der Waals surface area contributed by atoms with E-state index in [1.54, 1.807) is 48.5 Å². The highest BCUT2D eigenvalue weighted by Crippen LogP contribution is 2.26. The molecule has 0 bridgehead atoms. The molecule has 1 aliphatic rings. The lowest BCUT2D eigenvalue weighted by molar-refractivity contribution is -0.133. The van der Waals surface area contributed by atoms with Crippen LogP contribution in [0.15, 0.2) is 72.8 Å². The van der Waals surface area contributed by atoms with Crippen LogP contribution < -0.4 is 0 Å². The highest BCUT2D eigenvalue weighted by Gasteiger charge is 2.28. The SMILES string of the molecule is C=C(C)C(=O)O.C=C(C)C(=O)O.O=C1c2ccccc2C(=O)c2ccccc21. The first-order valence-corrected chi connectivity index (χ1v) is 8.13. The molecular weight excluding hydrogens is 360 g/mol. The average molecular weight is 380 g/mol. The number of aliphatic carboxylic acids is 2. The van der Waals surface area contributed by atoms with E-state index in [0.29, 0.717) is 22.3 Å². The summed E-state index contributed by atoms with van der Waals surface area (Å²) in [6, 6.07) is 13.9. The molecule has 0 fully saturated rings. The highest BCUT2D eigenvalue weighted by molar-refractivity contribution is 6.28. The van der Waals surface area contributed by atoms with E-state index >= 15 is 0 Å².